The number of aromatic carboxylic acids is 1. The normalized spacial score (nSPS) is 11.7. The number of carbonyl (C=O) groups excluding carboxylic acids is 1. The summed E-state index contributed by atoms with van der Waals surface area (Å²) in [5.74, 6) is -9.52. The first kappa shape index (κ1) is 24.1. The highest BCUT2D eigenvalue weighted by atomic mass is 35.5. The van der Waals surface area contributed by atoms with E-state index in [1.807, 2.05) is 0 Å². The van der Waals surface area contributed by atoms with Gasteiger partial charge in [0.05, 0.1) is 27.1 Å². The molecule has 13 heteroatoms. The molecular formula is C22H9ClF6N2O4. The fraction of sp³-hybridized carbons (Fsp3) is 0.0455. The van der Waals surface area contributed by atoms with Crippen LogP contribution in [0.15, 0.2) is 42.5 Å². The number of carbonyl (C=O) groups is 2. The van der Waals surface area contributed by atoms with E-state index in [0.717, 1.165) is 30.3 Å². The SMILES string of the molecule is O=C(O)c1c(F)cc(-c2nn(C(=O)c3c(Cl)cccc3C(F)(F)F)c3cccc(F)c23)c(F)c1O. The number of phenols is 1. The van der Waals surface area contributed by atoms with E-state index in [0.29, 0.717) is 16.8 Å². The molecule has 0 bridgehead atoms. The molecule has 180 valence electrons. The van der Waals surface area contributed by atoms with Crippen LogP contribution in [-0.2, 0) is 6.18 Å². The van der Waals surface area contributed by atoms with Crippen LogP contribution >= 0.6 is 11.6 Å². The fourth-order valence-corrected chi connectivity index (χ4v) is 3.80. The van der Waals surface area contributed by atoms with E-state index < -0.39 is 85.1 Å². The third-order valence-electron chi connectivity index (χ3n) is 5.04. The number of halogens is 7. The van der Waals surface area contributed by atoms with Crippen molar-refractivity contribution in [3.63, 3.8) is 0 Å². The number of hydrogen-bond acceptors (Lipinski definition) is 4. The average molecular weight is 515 g/mol. The van der Waals surface area contributed by atoms with Gasteiger partial charge in [-0.2, -0.15) is 23.0 Å². The minimum absolute atomic E-state index is 0.304. The number of carboxylic acid groups (broad SMARTS) is 1. The molecule has 3 aromatic carbocycles. The summed E-state index contributed by atoms with van der Waals surface area (Å²) in [5, 5.41) is 21.3. The molecule has 0 aliphatic carbocycles. The molecule has 0 fully saturated rings. The van der Waals surface area contributed by atoms with Crippen LogP contribution in [0.25, 0.3) is 22.2 Å². The van der Waals surface area contributed by atoms with Gasteiger partial charge in [-0.05, 0) is 30.3 Å². The first-order valence-corrected chi connectivity index (χ1v) is 9.74. The van der Waals surface area contributed by atoms with Gasteiger partial charge in [-0.3, -0.25) is 4.79 Å². The largest absolute Gasteiger partial charge is 0.504 e. The molecule has 0 aliphatic heterocycles. The Morgan fingerprint density at radius 1 is 0.971 bits per heavy atom. The molecule has 0 saturated heterocycles. The van der Waals surface area contributed by atoms with Gasteiger partial charge in [0.25, 0.3) is 5.91 Å². The molecule has 1 heterocycles. The van der Waals surface area contributed by atoms with Crippen molar-refractivity contribution in [2.75, 3.05) is 0 Å². The molecule has 1 aromatic heterocycles. The molecule has 35 heavy (non-hydrogen) atoms. The van der Waals surface area contributed by atoms with Gasteiger partial charge in [0, 0.05) is 5.56 Å². The third kappa shape index (κ3) is 3.85. The maximum atomic E-state index is 14.9. The van der Waals surface area contributed by atoms with Crippen LogP contribution in [0.2, 0.25) is 5.02 Å². The predicted molar refractivity (Wildman–Crippen MR) is 110 cm³/mol. The number of hydrogen-bond donors (Lipinski definition) is 2. The van der Waals surface area contributed by atoms with Gasteiger partial charge in [-0.15, -0.1) is 0 Å². The van der Waals surface area contributed by atoms with Gasteiger partial charge >= 0.3 is 12.1 Å². The fourth-order valence-electron chi connectivity index (χ4n) is 3.54. The van der Waals surface area contributed by atoms with E-state index in [2.05, 4.69) is 5.10 Å². The first-order chi connectivity index (χ1) is 16.3. The van der Waals surface area contributed by atoms with Crippen molar-refractivity contribution in [2.45, 2.75) is 6.18 Å². The lowest BCUT2D eigenvalue weighted by molar-refractivity contribution is -0.137. The second kappa shape index (κ2) is 8.31. The highest BCUT2D eigenvalue weighted by Crippen LogP contribution is 2.39. The van der Waals surface area contributed by atoms with Crippen LogP contribution in [0.3, 0.4) is 0 Å². The summed E-state index contributed by atoms with van der Waals surface area (Å²) in [5.41, 5.74) is -6.01. The predicted octanol–water partition coefficient (Wildman–Crippen LogP) is 5.89. The van der Waals surface area contributed by atoms with Crippen molar-refractivity contribution in [1.82, 2.24) is 9.78 Å². The molecule has 0 unspecified atom stereocenters. The summed E-state index contributed by atoms with van der Waals surface area (Å²) in [6, 6.07) is 5.89. The van der Waals surface area contributed by atoms with E-state index >= 15 is 0 Å². The molecule has 2 N–H and O–H groups in total. The van der Waals surface area contributed by atoms with Crippen LogP contribution in [0.5, 0.6) is 5.75 Å². The Morgan fingerprint density at radius 3 is 2.26 bits per heavy atom. The summed E-state index contributed by atoms with van der Waals surface area (Å²) >= 11 is 5.87. The number of benzene rings is 3. The molecular weight excluding hydrogens is 506 g/mol. The molecule has 0 atom stereocenters. The Bertz CT molecular complexity index is 1550. The van der Waals surface area contributed by atoms with E-state index in [1.165, 1.54) is 0 Å². The monoisotopic (exact) mass is 514 g/mol. The van der Waals surface area contributed by atoms with Crippen LogP contribution in [0, 0.1) is 17.5 Å². The first-order valence-electron chi connectivity index (χ1n) is 9.36. The number of aromatic nitrogens is 2. The Labute approximate surface area is 195 Å². The highest BCUT2D eigenvalue weighted by Gasteiger charge is 2.38. The maximum absolute atomic E-state index is 14.9. The maximum Gasteiger partial charge on any atom is 0.417 e. The van der Waals surface area contributed by atoms with Crippen LogP contribution in [-0.4, -0.2) is 31.9 Å². The van der Waals surface area contributed by atoms with Crippen molar-refractivity contribution >= 4 is 34.4 Å². The van der Waals surface area contributed by atoms with Gasteiger partial charge in [0.15, 0.2) is 11.6 Å². The summed E-state index contributed by atoms with van der Waals surface area (Å²) in [6.07, 6.45) is -5.01. The van der Waals surface area contributed by atoms with Gasteiger partial charge < -0.3 is 10.2 Å². The summed E-state index contributed by atoms with van der Waals surface area (Å²) in [7, 11) is 0. The summed E-state index contributed by atoms with van der Waals surface area (Å²) in [6.45, 7) is 0. The van der Waals surface area contributed by atoms with Gasteiger partial charge in [-0.1, -0.05) is 23.7 Å². The van der Waals surface area contributed by atoms with Crippen LogP contribution < -0.4 is 0 Å². The lowest BCUT2D eigenvalue weighted by Crippen LogP contribution is -2.20. The topological polar surface area (TPSA) is 92.4 Å². The van der Waals surface area contributed by atoms with Gasteiger partial charge in [-0.25, -0.2) is 18.0 Å². The number of rotatable bonds is 3. The second-order valence-corrected chi connectivity index (χ2v) is 7.52. The second-order valence-electron chi connectivity index (χ2n) is 7.11. The Hall–Kier alpha value is -4.06. The third-order valence-corrected chi connectivity index (χ3v) is 5.36. The zero-order valence-corrected chi connectivity index (χ0v) is 17.5. The van der Waals surface area contributed by atoms with E-state index in [1.54, 1.807) is 0 Å². The van der Waals surface area contributed by atoms with Crippen molar-refractivity contribution < 1.29 is 46.1 Å². The Kier molecular flexibility index (Phi) is 5.71. The number of carboxylic acids is 1. The lowest BCUT2D eigenvalue weighted by Gasteiger charge is -2.13. The summed E-state index contributed by atoms with van der Waals surface area (Å²) < 4.78 is 84.9. The van der Waals surface area contributed by atoms with Gasteiger partial charge in [0.2, 0.25) is 0 Å². The molecule has 0 spiro atoms. The molecule has 4 rings (SSSR count). The molecule has 0 aliphatic rings. The Balaban J connectivity index is 2.05. The quantitative estimate of drug-likeness (QED) is 0.333. The average Bonchev–Trinajstić information content (AvgIpc) is 3.15. The molecule has 4 aromatic rings. The van der Waals surface area contributed by atoms with Crippen molar-refractivity contribution in [2.24, 2.45) is 0 Å². The minimum Gasteiger partial charge on any atom is -0.504 e. The number of aromatic hydroxyl groups is 1. The number of fused-ring (bicyclic) bond motifs is 1. The number of nitrogens with zero attached hydrogens (tertiary/aromatic N) is 2. The highest BCUT2D eigenvalue weighted by molar-refractivity contribution is 6.34. The van der Waals surface area contributed by atoms with Crippen LogP contribution in [0.4, 0.5) is 26.3 Å². The van der Waals surface area contributed by atoms with Crippen molar-refractivity contribution in [3.8, 4) is 17.0 Å². The standard InChI is InChI=1S/C22H9ClF6N2O4/c23-10-4-1-3-9(22(27,28)29)14(10)20(33)31-13-6-2-5-11(24)15(13)18(30-31)8-7-12(25)16(21(34)35)19(32)17(8)26/h1-7,32H,(H,34,35). The zero-order chi connectivity index (χ0) is 25.8. The van der Waals surface area contributed by atoms with Gasteiger partial charge in [0.1, 0.15) is 22.9 Å². The molecule has 0 radical (unpaired) electrons. The van der Waals surface area contributed by atoms with Crippen molar-refractivity contribution in [3.05, 3.63) is 81.6 Å². The van der Waals surface area contributed by atoms with Crippen molar-refractivity contribution in [1.29, 1.82) is 0 Å². The Morgan fingerprint density at radius 2 is 1.63 bits per heavy atom. The molecule has 6 nitrogen and oxygen atoms in total. The zero-order valence-electron chi connectivity index (χ0n) is 16.8. The molecule has 0 amide bonds. The lowest BCUT2D eigenvalue weighted by atomic mass is 10.0. The van der Waals surface area contributed by atoms with E-state index in [4.69, 9.17) is 16.7 Å². The summed E-state index contributed by atoms with van der Waals surface area (Å²) in [4.78, 5) is 24.3. The van der Waals surface area contributed by atoms with Crippen LogP contribution in [0.1, 0.15) is 26.3 Å². The van der Waals surface area contributed by atoms with E-state index in [9.17, 15) is 41.0 Å². The smallest absolute Gasteiger partial charge is 0.417 e. The van der Waals surface area contributed by atoms with E-state index in [-0.39, 0.29) is 0 Å². The minimum atomic E-state index is -5.01. The number of alkyl halides is 3. The molecule has 0 saturated carbocycles.